The highest BCUT2D eigenvalue weighted by Crippen LogP contribution is 2.29. The number of hydrogen-bond acceptors (Lipinski definition) is 6. The van der Waals surface area contributed by atoms with Crippen LogP contribution in [0.2, 0.25) is 0 Å². The van der Waals surface area contributed by atoms with E-state index in [1.165, 1.54) is 16.1 Å². The molecular weight excluding hydrogens is 368 g/mol. The third-order valence-corrected chi connectivity index (χ3v) is 5.96. The van der Waals surface area contributed by atoms with Crippen LogP contribution in [0.1, 0.15) is 42.7 Å². The van der Waals surface area contributed by atoms with Crippen LogP contribution < -0.4 is 4.74 Å². The zero-order chi connectivity index (χ0) is 19.7. The molecule has 28 heavy (non-hydrogen) atoms. The summed E-state index contributed by atoms with van der Waals surface area (Å²) in [5.74, 6) is 1.79. The maximum Gasteiger partial charge on any atom is 0.133 e. The summed E-state index contributed by atoms with van der Waals surface area (Å²) in [4.78, 5) is 17.8. The number of aromatic nitrogens is 3. The Kier molecular flexibility index (Phi) is 5.17. The van der Waals surface area contributed by atoms with Gasteiger partial charge in [0.15, 0.2) is 0 Å². The van der Waals surface area contributed by atoms with Crippen molar-refractivity contribution in [3.05, 3.63) is 58.6 Å². The molecule has 1 aromatic carbocycles. The summed E-state index contributed by atoms with van der Waals surface area (Å²) < 4.78 is 5.32. The Morgan fingerprint density at radius 2 is 2.04 bits per heavy atom. The van der Waals surface area contributed by atoms with E-state index in [-0.39, 0.29) is 5.41 Å². The summed E-state index contributed by atoms with van der Waals surface area (Å²) >= 11 is 1.75. The Hall–Kier alpha value is -2.31. The maximum absolute atomic E-state index is 5.32. The van der Waals surface area contributed by atoms with Crippen LogP contribution in [0, 0.1) is 0 Å². The van der Waals surface area contributed by atoms with E-state index in [1.807, 2.05) is 30.6 Å². The number of fused-ring (bicyclic) bond motifs is 1. The lowest BCUT2D eigenvalue weighted by Gasteiger charge is -2.28. The number of hydrogen-bond donors (Lipinski definition) is 0. The second-order valence-corrected chi connectivity index (χ2v) is 9.36. The molecule has 3 heterocycles. The molecule has 0 amide bonds. The standard InChI is InChI=1S/C22H26N4OS/c1-22(2,3)21-24-11-16-13-26(9-8-19(16)25-21)14-18-12-23-20(28-18)15-6-5-7-17(10-15)27-4/h5-7,10-12H,8-9,13-14H2,1-4H3. The summed E-state index contributed by atoms with van der Waals surface area (Å²) in [6, 6.07) is 8.06. The van der Waals surface area contributed by atoms with Crippen molar-refractivity contribution >= 4 is 11.3 Å². The highest BCUT2D eigenvalue weighted by Gasteiger charge is 2.23. The molecule has 0 radical (unpaired) electrons. The molecule has 0 saturated heterocycles. The van der Waals surface area contributed by atoms with Crippen LogP contribution in [0.3, 0.4) is 0 Å². The van der Waals surface area contributed by atoms with Gasteiger partial charge in [-0.05, 0) is 12.1 Å². The predicted octanol–water partition coefficient (Wildman–Crippen LogP) is 4.46. The predicted molar refractivity (Wildman–Crippen MR) is 113 cm³/mol. The summed E-state index contributed by atoms with van der Waals surface area (Å²) in [5, 5.41) is 1.03. The van der Waals surface area contributed by atoms with Gasteiger partial charge in [-0.2, -0.15) is 0 Å². The first-order valence-corrected chi connectivity index (χ1v) is 10.4. The van der Waals surface area contributed by atoms with Gasteiger partial charge in [-0.15, -0.1) is 11.3 Å². The molecule has 5 nitrogen and oxygen atoms in total. The molecule has 0 fully saturated rings. The zero-order valence-electron chi connectivity index (χ0n) is 16.9. The molecule has 2 aromatic heterocycles. The third-order valence-electron chi connectivity index (χ3n) is 4.93. The van der Waals surface area contributed by atoms with Gasteiger partial charge >= 0.3 is 0 Å². The lowest BCUT2D eigenvalue weighted by molar-refractivity contribution is 0.244. The fourth-order valence-corrected chi connectivity index (χ4v) is 4.31. The van der Waals surface area contributed by atoms with Gasteiger partial charge in [0.05, 0.1) is 7.11 Å². The Balaban J connectivity index is 1.46. The van der Waals surface area contributed by atoms with E-state index in [0.29, 0.717) is 0 Å². The molecule has 0 bridgehead atoms. The molecule has 3 aromatic rings. The van der Waals surface area contributed by atoms with Crippen LogP contribution in [-0.2, 0) is 24.9 Å². The van der Waals surface area contributed by atoms with Crippen molar-refractivity contribution in [1.29, 1.82) is 0 Å². The highest BCUT2D eigenvalue weighted by molar-refractivity contribution is 7.15. The van der Waals surface area contributed by atoms with Crippen LogP contribution in [0.15, 0.2) is 36.7 Å². The minimum absolute atomic E-state index is 0.00861. The van der Waals surface area contributed by atoms with Gasteiger partial charge in [-0.3, -0.25) is 4.90 Å². The second kappa shape index (κ2) is 7.60. The van der Waals surface area contributed by atoms with Crippen LogP contribution in [0.4, 0.5) is 0 Å². The Bertz CT molecular complexity index is 977. The minimum atomic E-state index is -0.00861. The molecular formula is C22H26N4OS. The minimum Gasteiger partial charge on any atom is -0.497 e. The van der Waals surface area contributed by atoms with E-state index in [0.717, 1.165) is 48.2 Å². The fraction of sp³-hybridized carbons (Fsp3) is 0.409. The molecule has 0 atom stereocenters. The summed E-state index contributed by atoms with van der Waals surface area (Å²) in [7, 11) is 1.69. The molecule has 0 N–H and O–H groups in total. The van der Waals surface area contributed by atoms with Crippen molar-refractivity contribution in [3.63, 3.8) is 0 Å². The van der Waals surface area contributed by atoms with Gasteiger partial charge in [0.25, 0.3) is 0 Å². The van der Waals surface area contributed by atoms with Crippen LogP contribution >= 0.6 is 11.3 Å². The molecule has 0 aliphatic carbocycles. The van der Waals surface area contributed by atoms with E-state index in [9.17, 15) is 0 Å². The molecule has 1 aliphatic heterocycles. The smallest absolute Gasteiger partial charge is 0.133 e. The lowest BCUT2D eigenvalue weighted by atomic mass is 9.95. The molecule has 0 spiro atoms. The highest BCUT2D eigenvalue weighted by atomic mass is 32.1. The summed E-state index contributed by atoms with van der Waals surface area (Å²) in [5.41, 5.74) is 3.54. The first-order chi connectivity index (χ1) is 13.4. The van der Waals surface area contributed by atoms with Crippen molar-refractivity contribution in [3.8, 4) is 16.3 Å². The molecule has 6 heteroatoms. The van der Waals surface area contributed by atoms with Crippen molar-refractivity contribution in [2.75, 3.05) is 13.7 Å². The van der Waals surface area contributed by atoms with Crippen LogP contribution in [0.5, 0.6) is 5.75 Å². The van der Waals surface area contributed by atoms with Gasteiger partial charge in [0.1, 0.15) is 16.6 Å². The monoisotopic (exact) mass is 394 g/mol. The number of methoxy groups -OCH3 is 1. The molecule has 0 unspecified atom stereocenters. The molecule has 1 aliphatic rings. The number of thiazole rings is 1. The Morgan fingerprint density at radius 3 is 2.82 bits per heavy atom. The Labute approximate surface area is 170 Å². The first-order valence-electron chi connectivity index (χ1n) is 9.59. The maximum atomic E-state index is 5.32. The summed E-state index contributed by atoms with van der Waals surface area (Å²) in [6.45, 7) is 9.29. The molecule has 0 saturated carbocycles. The van der Waals surface area contributed by atoms with Gasteiger partial charge in [-0.25, -0.2) is 15.0 Å². The van der Waals surface area contributed by atoms with Crippen molar-refractivity contribution in [2.45, 2.75) is 45.7 Å². The van der Waals surface area contributed by atoms with Crippen molar-refractivity contribution < 1.29 is 4.74 Å². The van der Waals surface area contributed by atoms with Crippen LogP contribution in [0.25, 0.3) is 10.6 Å². The van der Waals surface area contributed by atoms with E-state index in [4.69, 9.17) is 9.72 Å². The van der Waals surface area contributed by atoms with E-state index in [1.54, 1.807) is 18.4 Å². The SMILES string of the molecule is COc1cccc(-c2ncc(CN3CCc4nc(C(C)(C)C)ncc4C3)s2)c1. The number of nitrogens with zero attached hydrogens (tertiary/aromatic N) is 4. The van der Waals surface area contributed by atoms with E-state index < -0.39 is 0 Å². The van der Waals surface area contributed by atoms with Gasteiger partial charge in [0.2, 0.25) is 0 Å². The summed E-state index contributed by atoms with van der Waals surface area (Å²) in [6.07, 6.45) is 4.99. The average Bonchev–Trinajstić information content (AvgIpc) is 3.15. The zero-order valence-corrected chi connectivity index (χ0v) is 17.7. The van der Waals surface area contributed by atoms with Crippen molar-refractivity contribution in [1.82, 2.24) is 19.9 Å². The Morgan fingerprint density at radius 1 is 1.18 bits per heavy atom. The number of benzene rings is 1. The van der Waals surface area contributed by atoms with Crippen LogP contribution in [-0.4, -0.2) is 33.5 Å². The quantitative estimate of drug-likeness (QED) is 0.654. The van der Waals surface area contributed by atoms with Gasteiger partial charge < -0.3 is 4.74 Å². The van der Waals surface area contributed by atoms with E-state index in [2.05, 4.69) is 41.7 Å². The largest absolute Gasteiger partial charge is 0.497 e. The molecule has 146 valence electrons. The van der Waals surface area contributed by atoms with Gasteiger partial charge in [0, 0.05) is 65.6 Å². The number of ether oxygens (including phenoxy) is 1. The second-order valence-electron chi connectivity index (χ2n) is 8.24. The van der Waals surface area contributed by atoms with Gasteiger partial charge in [-0.1, -0.05) is 32.9 Å². The fourth-order valence-electron chi connectivity index (χ4n) is 3.36. The van der Waals surface area contributed by atoms with Crippen molar-refractivity contribution in [2.24, 2.45) is 0 Å². The topological polar surface area (TPSA) is 51.1 Å². The number of rotatable bonds is 4. The lowest BCUT2D eigenvalue weighted by Crippen LogP contribution is -2.31. The third kappa shape index (κ3) is 4.08. The first kappa shape index (κ1) is 19.0. The normalized spacial score (nSPS) is 14.7. The average molecular weight is 395 g/mol. The van der Waals surface area contributed by atoms with E-state index >= 15 is 0 Å². The molecule has 4 rings (SSSR count).